The third-order valence-electron chi connectivity index (χ3n) is 2.42. The van der Waals surface area contributed by atoms with E-state index in [1.165, 1.54) is 6.42 Å². The molecule has 0 aromatic heterocycles. The molecule has 3 unspecified atom stereocenters. The number of halogens is 2. The van der Waals surface area contributed by atoms with Gasteiger partial charge in [-0.25, -0.2) is 4.79 Å². The van der Waals surface area contributed by atoms with E-state index in [0.29, 0.717) is 4.83 Å². The van der Waals surface area contributed by atoms with Gasteiger partial charge < -0.3 is 9.84 Å². The number of hydrogen-bond donors (Lipinski definition) is 1. The largest absolute Gasteiger partial charge is 0.506 e. The Morgan fingerprint density at radius 2 is 1.86 bits per heavy atom. The molecule has 1 fully saturated rings. The highest BCUT2D eigenvalue weighted by Crippen LogP contribution is 2.30. The van der Waals surface area contributed by atoms with Gasteiger partial charge in [-0.15, -0.1) is 0 Å². The first kappa shape index (κ1) is 12.3. The molecule has 3 nitrogen and oxygen atoms in total. The number of carboxylic acid groups (broad SMARTS) is 1. The van der Waals surface area contributed by atoms with Gasteiger partial charge in [0.25, 0.3) is 0 Å². The second-order valence-corrected chi connectivity index (χ2v) is 5.75. The van der Waals surface area contributed by atoms with Crippen LogP contribution in [0.1, 0.15) is 32.1 Å². The predicted octanol–water partition coefficient (Wildman–Crippen LogP) is 3.54. The van der Waals surface area contributed by atoms with Crippen LogP contribution in [0.2, 0.25) is 0 Å². The van der Waals surface area contributed by atoms with Crippen molar-refractivity contribution in [2.45, 2.75) is 47.9 Å². The van der Waals surface area contributed by atoms with Gasteiger partial charge >= 0.3 is 6.16 Å². The molecule has 0 amide bonds. The van der Waals surface area contributed by atoms with Crippen molar-refractivity contribution in [3.05, 3.63) is 0 Å². The van der Waals surface area contributed by atoms with Crippen LogP contribution in [0.3, 0.4) is 0 Å². The van der Waals surface area contributed by atoms with Crippen molar-refractivity contribution in [3.8, 4) is 0 Å². The first-order valence-electron chi connectivity index (χ1n) is 4.79. The highest BCUT2D eigenvalue weighted by Gasteiger charge is 2.29. The monoisotopic (exact) mass is 328 g/mol. The fraction of sp³-hybridized carbons (Fsp3) is 0.889. The molecule has 82 valence electrons. The summed E-state index contributed by atoms with van der Waals surface area (Å²) in [5.74, 6) is 0. The van der Waals surface area contributed by atoms with Crippen LogP contribution in [-0.2, 0) is 4.74 Å². The van der Waals surface area contributed by atoms with Crippen LogP contribution in [0.15, 0.2) is 0 Å². The van der Waals surface area contributed by atoms with Gasteiger partial charge in [0.2, 0.25) is 0 Å². The molecule has 1 saturated carbocycles. The average molecular weight is 330 g/mol. The van der Waals surface area contributed by atoms with Gasteiger partial charge in [-0.3, -0.25) is 0 Å². The van der Waals surface area contributed by atoms with E-state index < -0.39 is 6.16 Å². The van der Waals surface area contributed by atoms with Crippen molar-refractivity contribution in [1.82, 2.24) is 0 Å². The minimum atomic E-state index is -1.18. The molecule has 0 radical (unpaired) electrons. The lowest BCUT2D eigenvalue weighted by atomic mass is 9.98. The zero-order chi connectivity index (χ0) is 10.6. The molecule has 0 saturated heterocycles. The molecule has 0 bridgehead atoms. The van der Waals surface area contributed by atoms with Crippen LogP contribution in [-0.4, -0.2) is 27.0 Å². The maximum atomic E-state index is 10.5. The van der Waals surface area contributed by atoms with Gasteiger partial charge in [0.1, 0.15) is 6.10 Å². The quantitative estimate of drug-likeness (QED) is 0.591. The Bertz CT molecular complexity index is 198. The predicted molar refractivity (Wildman–Crippen MR) is 61.4 cm³/mol. The van der Waals surface area contributed by atoms with E-state index in [1.54, 1.807) is 0 Å². The molecule has 3 atom stereocenters. The standard InChI is InChI=1S/C9H14Br2O3/c10-6-4-2-1-3-5-7(8(6)11)14-9(12)13/h6-8H,1-5H2,(H,12,13). The third-order valence-corrected chi connectivity index (χ3v) is 5.39. The Morgan fingerprint density at radius 1 is 1.21 bits per heavy atom. The van der Waals surface area contributed by atoms with Crippen LogP contribution in [0, 0.1) is 0 Å². The molecule has 1 aliphatic rings. The summed E-state index contributed by atoms with van der Waals surface area (Å²) >= 11 is 7.05. The topological polar surface area (TPSA) is 46.5 Å². The number of carbonyl (C=O) groups is 1. The van der Waals surface area contributed by atoms with Gasteiger partial charge in [0.05, 0.1) is 4.83 Å². The maximum Gasteiger partial charge on any atom is 0.506 e. The molecule has 0 aromatic carbocycles. The molecule has 0 heterocycles. The van der Waals surface area contributed by atoms with Crippen LogP contribution < -0.4 is 0 Å². The summed E-state index contributed by atoms with van der Waals surface area (Å²) in [4.78, 5) is 10.8. The van der Waals surface area contributed by atoms with E-state index in [-0.39, 0.29) is 10.9 Å². The van der Waals surface area contributed by atoms with Crippen molar-refractivity contribution >= 4 is 38.0 Å². The van der Waals surface area contributed by atoms with E-state index in [9.17, 15) is 4.79 Å². The average Bonchev–Trinajstić information content (AvgIpc) is 2.11. The summed E-state index contributed by atoms with van der Waals surface area (Å²) in [6.45, 7) is 0. The molecule has 1 N–H and O–H groups in total. The summed E-state index contributed by atoms with van der Waals surface area (Å²) in [7, 11) is 0. The van der Waals surface area contributed by atoms with Crippen LogP contribution in [0.4, 0.5) is 4.79 Å². The minimum Gasteiger partial charge on any atom is -0.450 e. The number of alkyl halides is 2. The molecule has 0 spiro atoms. The van der Waals surface area contributed by atoms with Gasteiger partial charge in [0, 0.05) is 4.83 Å². The van der Waals surface area contributed by atoms with Crippen LogP contribution >= 0.6 is 31.9 Å². The van der Waals surface area contributed by atoms with Crippen molar-refractivity contribution in [2.24, 2.45) is 0 Å². The van der Waals surface area contributed by atoms with Gasteiger partial charge in [-0.1, -0.05) is 44.7 Å². The van der Waals surface area contributed by atoms with Crippen molar-refractivity contribution < 1.29 is 14.6 Å². The van der Waals surface area contributed by atoms with E-state index in [2.05, 4.69) is 31.9 Å². The van der Waals surface area contributed by atoms with Gasteiger partial charge in [-0.05, 0) is 19.3 Å². The molecule has 5 heteroatoms. The second kappa shape index (κ2) is 5.95. The summed E-state index contributed by atoms with van der Waals surface area (Å²) < 4.78 is 4.85. The Hall–Kier alpha value is 0.230. The van der Waals surface area contributed by atoms with E-state index in [1.807, 2.05) is 0 Å². The first-order valence-corrected chi connectivity index (χ1v) is 6.62. The minimum absolute atomic E-state index is 0.0823. The first-order chi connectivity index (χ1) is 6.61. The lowest BCUT2D eigenvalue weighted by Crippen LogP contribution is -2.34. The molecular weight excluding hydrogens is 316 g/mol. The number of ether oxygens (including phenoxy) is 1. The molecule has 1 aliphatic carbocycles. The van der Waals surface area contributed by atoms with E-state index >= 15 is 0 Å². The third kappa shape index (κ3) is 3.77. The molecule has 14 heavy (non-hydrogen) atoms. The summed E-state index contributed by atoms with van der Waals surface area (Å²) in [5.41, 5.74) is 0. The SMILES string of the molecule is O=C(O)OC1CCCCCC(Br)C1Br. The molecule has 1 rings (SSSR count). The number of rotatable bonds is 1. The zero-order valence-electron chi connectivity index (χ0n) is 7.79. The highest BCUT2D eigenvalue weighted by molar-refractivity contribution is 9.12. The molecular formula is C9H14Br2O3. The van der Waals surface area contributed by atoms with Gasteiger partial charge in [-0.2, -0.15) is 0 Å². The lowest BCUT2D eigenvalue weighted by Gasteiger charge is -2.27. The van der Waals surface area contributed by atoms with Crippen molar-refractivity contribution in [3.63, 3.8) is 0 Å². The lowest BCUT2D eigenvalue weighted by molar-refractivity contribution is 0.0450. The maximum absolute atomic E-state index is 10.5. The van der Waals surface area contributed by atoms with E-state index in [0.717, 1.165) is 25.7 Å². The summed E-state index contributed by atoms with van der Waals surface area (Å²) in [6, 6.07) is 0. The zero-order valence-corrected chi connectivity index (χ0v) is 11.0. The van der Waals surface area contributed by atoms with Crippen molar-refractivity contribution in [2.75, 3.05) is 0 Å². The normalized spacial score (nSPS) is 34.3. The molecule has 0 aliphatic heterocycles. The summed E-state index contributed by atoms with van der Waals surface area (Å²) in [6.07, 6.45) is 3.86. The fourth-order valence-electron chi connectivity index (χ4n) is 1.67. The van der Waals surface area contributed by atoms with E-state index in [4.69, 9.17) is 9.84 Å². The number of hydrogen-bond acceptors (Lipinski definition) is 2. The molecule has 0 aromatic rings. The second-order valence-electron chi connectivity index (χ2n) is 3.52. The Balaban J connectivity index is 2.54. The van der Waals surface area contributed by atoms with Gasteiger partial charge in [0.15, 0.2) is 0 Å². The Kier molecular flexibility index (Phi) is 5.23. The summed E-state index contributed by atoms with van der Waals surface area (Å²) in [5, 5.41) is 8.57. The van der Waals surface area contributed by atoms with Crippen molar-refractivity contribution in [1.29, 1.82) is 0 Å². The Morgan fingerprint density at radius 3 is 2.50 bits per heavy atom. The fourth-order valence-corrected chi connectivity index (χ4v) is 2.97. The van der Waals surface area contributed by atoms with Crippen LogP contribution in [0.5, 0.6) is 0 Å². The van der Waals surface area contributed by atoms with Crippen LogP contribution in [0.25, 0.3) is 0 Å². The Labute approximate surface area is 100 Å². The highest BCUT2D eigenvalue weighted by atomic mass is 79.9. The smallest absolute Gasteiger partial charge is 0.450 e.